The Morgan fingerprint density at radius 1 is 1.13 bits per heavy atom. The van der Waals surface area contributed by atoms with Crippen molar-refractivity contribution in [3.63, 3.8) is 0 Å². The van der Waals surface area contributed by atoms with Crippen LogP contribution in [-0.2, 0) is 6.61 Å². The fourth-order valence-electron chi connectivity index (χ4n) is 3.06. The quantitative estimate of drug-likeness (QED) is 0.440. The maximum Gasteiger partial charge on any atom is 0.321 e. The van der Waals surface area contributed by atoms with Gasteiger partial charge >= 0.3 is 6.03 Å². The Bertz CT molecular complexity index is 1170. The van der Waals surface area contributed by atoms with Gasteiger partial charge in [-0.05, 0) is 43.2 Å². The van der Waals surface area contributed by atoms with E-state index < -0.39 is 0 Å². The number of amides is 2. The number of hydrogen-bond acceptors (Lipinski definition) is 5. The first-order valence-electron chi connectivity index (χ1n) is 9.71. The number of anilines is 1. The van der Waals surface area contributed by atoms with Crippen molar-refractivity contribution in [1.82, 2.24) is 15.3 Å². The number of nitrogens with zero attached hydrogens (tertiary/aromatic N) is 2. The van der Waals surface area contributed by atoms with E-state index in [9.17, 15) is 4.79 Å². The predicted octanol–water partition coefficient (Wildman–Crippen LogP) is 5.39. The van der Waals surface area contributed by atoms with Crippen molar-refractivity contribution in [2.24, 2.45) is 0 Å². The van der Waals surface area contributed by atoms with E-state index in [1.807, 2.05) is 68.4 Å². The number of aromatic nitrogens is 2. The zero-order chi connectivity index (χ0) is 20.9. The molecule has 6 nitrogen and oxygen atoms in total. The van der Waals surface area contributed by atoms with Crippen LogP contribution in [0.5, 0.6) is 5.75 Å². The normalized spacial score (nSPS) is 10.7. The molecule has 2 aromatic heterocycles. The molecule has 0 aliphatic carbocycles. The van der Waals surface area contributed by atoms with E-state index in [0.717, 1.165) is 32.6 Å². The number of rotatable bonds is 6. The number of ether oxygens (including phenoxy) is 1. The van der Waals surface area contributed by atoms with Crippen LogP contribution in [0.1, 0.15) is 18.1 Å². The van der Waals surface area contributed by atoms with Crippen molar-refractivity contribution in [2.45, 2.75) is 20.5 Å². The summed E-state index contributed by atoms with van der Waals surface area (Å²) in [7, 11) is 0. The van der Waals surface area contributed by atoms with Gasteiger partial charge in [-0.2, -0.15) is 0 Å². The van der Waals surface area contributed by atoms with Crippen molar-refractivity contribution in [3.05, 3.63) is 71.9 Å². The molecule has 0 fully saturated rings. The Kier molecular flexibility index (Phi) is 5.90. The highest BCUT2D eigenvalue weighted by molar-refractivity contribution is 7.22. The molecule has 4 aromatic rings. The minimum atomic E-state index is -0.271. The number of pyridine rings is 1. The van der Waals surface area contributed by atoms with Crippen molar-refractivity contribution < 1.29 is 9.53 Å². The van der Waals surface area contributed by atoms with Crippen LogP contribution in [0.3, 0.4) is 0 Å². The third-order valence-corrected chi connectivity index (χ3v) is 5.48. The number of benzene rings is 2. The highest BCUT2D eigenvalue weighted by Gasteiger charge is 2.15. The number of thiazole rings is 1. The first-order valence-corrected chi connectivity index (χ1v) is 10.5. The Hall–Kier alpha value is -3.45. The summed E-state index contributed by atoms with van der Waals surface area (Å²) >= 11 is 1.42. The number of nitrogens with one attached hydrogen (secondary N) is 2. The van der Waals surface area contributed by atoms with Gasteiger partial charge in [-0.25, -0.2) is 9.78 Å². The van der Waals surface area contributed by atoms with Crippen LogP contribution < -0.4 is 15.4 Å². The lowest BCUT2D eigenvalue weighted by atomic mass is 10.1. The second-order valence-corrected chi connectivity index (χ2v) is 7.81. The summed E-state index contributed by atoms with van der Waals surface area (Å²) in [5.74, 6) is 0.708. The SMILES string of the molecule is CCNC(=O)Nc1nc2cc(OCc3ccccc3)cc(-c3cc(C)ccn3)c2s1. The average Bonchev–Trinajstić information content (AvgIpc) is 3.14. The summed E-state index contributed by atoms with van der Waals surface area (Å²) in [6.07, 6.45) is 1.79. The Morgan fingerprint density at radius 2 is 1.97 bits per heavy atom. The average molecular weight is 419 g/mol. The minimum Gasteiger partial charge on any atom is -0.489 e. The molecule has 0 bridgehead atoms. The monoisotopic (exact) mass is 418 g/mol. The Morgan fingerprint density at radius 3 is 2.73 bits per heavy atom. The van der Waals surface area contributed by atoms with Crippen LogP contribution in [0.25, 0.3) is 21.5 Å². The molecule has 0 saturated carbocycles. The van der Waals surface area contributed by atoms with E-state index in [-0.39, 0.29) is 6.03 Å². The van der Waals surface area contributed by atoms with Gasteiger partial charge in [0.05, 0.1) is 15.9 Å². The zero-order valence-corrected chi connectivity index (χ0v) is 17.6. The molecule has 2 N–H and O–H groups in total. The molecule has 4 rings (SSSR count). The second kappa shape index (κ2) is 8.92. The topological polar surface area (TPSA) is 76.1 Å². The van der Waals surface area contributed by atoms with Gasteiger partial charge in [-0.3, -0.25) is 10.3 Å². The molecule has 7 heteroatoms. The zero-order valence-electron chi connectivity index (χ0n) is 16.8. The fraction of sp³-hybridized carbons (Fsp3) is 0.174. The summed E-state index contributed by atoms with van der Waals surface area (Å²) in [6.45, 7) is 4.91. The van der Waals surface area contributed by atoms with Crippen LogP contribution in [0.15, 0.2) is 60.8 Å². The van der Waals surface area contributed by atoms with Gasteiger partial charge in [0.1, 0.15) is 12.4 Å². The molecular formula is C23H22N4O2S. The smallest absolute Gasteiger partial charge is 0.321 e. The summed E-state index contributed by atoms with van der Waals surface area (Å²) in [4.78, 5) is 21.1. The molecule has 152 valence electrons. The van der Waals surface area contributed by atoms with Gasteiger partial charge in [0, 0.05) is 24.4 Å². The van der Waals surface area contributed by atoms with E-state index >= 15 is 0 Å². The summed E-state index contributed by atoms with van der Waals surface area (Å²) in [5, 5.41) is 6.05. The predicted molar refractivity (Wildman–Crippen MR) is 121 cm³/mol. The molecule has 2 heterocycles. The van der Waals surface area contributed by atoms with Gasteiger partial charge in [-0.1, -0.05) is 41.7 Å². The molecule has 0 aliphatic heterocycles. The van der Waals surface area contributed by atoms with Crippen molar-refractivity contribution >= 4 is 32.7 Å². The largest absolute Gasteiger partial charge is 0.489 e. The Balaban J connectivity index is 1.72. The number of fused-ring (bicyclic) bond motifs is 1. The molecule has 30 heavy (non-hydrogen) atoms. The number of carbonyl (C=O) groups is 1. The highest BCUT2D eigenvalue weighted by atomic mass is 32.1. The van der Waals surface area contributed by atoms with E-state index in [1.54, 1.807) is 6.20 Å². The summed E-state index contributed by atoms with van der Waals surface area (Å²) < 4.78 is 7.01. The van der Waals surface area contributed by atoms with E-state index in [2.05, 4.69) is 20.6 Å². The van der Waals surface area contributed by atoms with Gasteiger partial charge in [0.25, 0.3) is 0 Å². The highest BCUT2D eigenvalue weighted by Crippen LogP contribution is 2.38. The van der Waals surface area contributed by atoms with Crippen LogP contribution in [0.2, 0.25) is 0 Å². The molecule has 0 aliphatic rings. The summed E-state index contributed by atoms with van der Waals surface area (Å²) in [6, 6.07) is 17.6. The first kappa shape index (κ1) is 19.8. The Labute approximate surface area is 179 Å². The maximum absolute atomic E-state index is 11.9. The lowest BCUT2D eigenvalue weighted by Gasteiger charge is -2.09. The second-order valence-electron chi connectivity index (χ2n) is 6.82. The molecule has 0 saturated heterocycles. The third-order valence-electron chi connectivity index (χ3n) is 4.46. The van der Waals surface area contributed by atoms with Gasteiger partial charge in [-0.15, -0.1) is 0 Å². The van der Waals surface area contributed by atoms with Crippen LogP contribution in [0, 0.1) is 6.92 Å². The number of urea groups is 1. The molecule has 0 spiro atoms. The molecule has 2 aromatic carbocycles. The number of hydrogen-bond donors (Lipinski definition) is 2. The number of carbonyl (C=O) groups excluding carboxylic acids is 1. The lowest BCUT2D eigenvalue weighted by molar-refractivity contribution is 0.252. The van der Waals surface area contributed by atoms with Crippen molar-refractivity contribution in [3.8, 4) is 17.0 Å². The van der Waals surface area contributed by atoms with E-state index in [1.165, 1.54) is 11.3 Å². The van der Waals surface area contributed by atoms with Crippen LogP contribution >= 0.6 is 11.3 Å². The van der Waals surface area contributed by atoms with Crippen LogP contribution in [-0.4, -0.2) is 22.5 Å². The van der Waals surface area contributed by atoms with E-state index in [0.29, 0.717) is 24.0 Å². The molecular weight excluding hydrogens is 396 g/mol. The minimum absolute atomic E-state index is 0.271. The van der Waals surface area contributed by atoms with E-state index in [4.69, 9.17) is 4.74 Å². The maximum atomic E-state index is 11.9. The fourth-order valence-corrected chi connectivity index (χ4v) is 4.02. The van der Waals surface area contributed by atoms with Crippen molar-refractivity contribution in [2.75, 3.05) is 11.9 Å². The van der Waals surface area contributed by atoms with Gasteiger partial charge < -0.3 is 10.1 Å². The molecule has 0 unspecified atom stereocenters. The van der Waals surface area contributed by atoms with Gasteiger partial charge in [0.2, 0.25) is 0 Å². The summed E-state index contributed by atoms with van der Waals surface area (Å²) in [5.41, 5.74) is 4.74. The molecule has 0 atom stereocenters. The lowest BCUT2D eigenvalue weighted by Crippen LogP contribution is -2.28. The number of aryl methyl sites for hydroxylation is 1. The first-order chi connectivity index (χ1) is 14.6. The van der Waals surface area contributed by atoms with Crippen LogP contribution in [0.4, 0.5) is 9.93 Å². The van der Waals surface area contributed by atoms with Gasteiger partial charge in [0.15, 0.2) is 5.13 Å². The third kappa shape index (κ3) is 4.58. The molecule has 0 radical (unpaired) electrons. The molecule has 2 amide bonds. The standard InChI is InChI=1S/C23H22N4O2S/c1-3-24-22(28)27-23-26-20-13-17(29-14-16-7-5-4-6-8-16)12-18(21(20)30-23)19-11-15(2)9-10-25-19/h4-13H,3,14H2,1-2H3,(H2,24,26,27,28). The van der Waals surface area contributed by atoms with Crippen molar-refractivity contribution in [1.29, 1.82) is 0 Å².